The summed E-state index contributed by atoms with van der Waals surface area (Å²) in [4.78, 5) is 12.3. The SMILES string of the molecule is CC(=O)O.CC[C@H]1CN2CCc3cc(OC)c(OC)cc3[C@@H]2[As][C@@H]1C[C@H]1NCCc2cc(OC)c(OC)cc21. The molecule has 213 valence electrons. The molecule has 4 atom stereocenters. The molecule has 1 radical (unpaired) electrons. The Kier molecular flexibility index (Phi) is 10.1. The van der Waals surface area contributed by atoms with Crippen LogP contribution in [0.1, 0.15) is 59.8 Å². The molecule has 1 saturated heterocycles. The fourth-order valence-corrected chi connectivity index (χ4v) is 10.4. The van der Waals surface area contributed by atoms with Crippen LogP contribution in [0.15, 0.2) is 24.3 Å². The number of carbonyl (C=O) groups is 1. The number of methoxy groups -OCH3 is 4. The number of carboxylic acids is 1. The van der Waals surface area contributed by atoms with Gasteiger partial charge in [-0.1, -0.05) is 0 Å². The predicted molar refractivity (Wildman–Crippen MR) is 153 cm³/mol. The Hall–Kier alpha value is -2.41. The van der Waals surface area contributed by atoms with E-state index in [0.29, 0.717) is 10.9 Å². The van der Waals surface area contributed by atoms with Crippen LogP contribution in [0.4, 0.5) is 0 Å². The molecule has 39 heavy (non-hydrogen) atoms. The minimum absolute atomic E-state index is 0.102. The Morgan fingerprint density at radius 3 is 2.05 bits per heavy atom. The second-order valence-corrected chi connectivity index (χ2v) is 13.4. The predicted octanol–water partition coefficient (Wildman–Crippen LogP) is 4.48. The third kappa shape index (κ3) is 6.50. The van der Waals surface area contributed by atoms with Gasteiger partial charge in [-0.3, -0.25) is 4.79 Å². The average Bonchev–Trinajstić information content (AvgIpc) is 2.95. The van der Waals surface area contributed by atoms with Crippen molar-refractivity contribution in [3.63, 3.8) is 0 Å². The average molecular weight is 602 g/mol. The van der Waals surface area contributed by atoms with Crippen LogP contribution in [-0.2, 0) is 17.6 Å². The van der Waals surface area contributed by atoms with Gasteiger partial charge in [0.05, 0.1) is 0 Å². The van der Waals surface area contributed by atoms with Crippen LogP contribution < -0.4 is 24.3 Å². The van der Waals surface area contributed by atoms with E-state index in [1.54, 1.807) is 28.4 Å². The number of hydrogen-bond donors (Lipinski definition) is 2. The number of benzene rings is 2. The molecule has 0 saturated carbocycles. The van der Waals surface area contributed by atoms with E-state index in [-0.39, 0.29) is 15.8 Å². The van der Waals surface area contributed by atoms with Crippen molar-refractivity contribution in [2.45, 2.75) is 55.1 Å². The molecule has 8 nitrogen and oxygen atoms in total. The standard InChI is InChI=1S/C28H38AsN2O4.C2H4O2/c1-6-17-16-31-10-8-19-12-25(33-3)27(35-5)14-21(19)28(31)29-22(17)15-23-20-13-26(34-4)24(32-2)11-18(20)7-9-30-23;1-2(3)4/h11-14,17,22-23,28,30H,6-10,15-16H2,1-5H3;1H3,(H,3,4)/t17-,22+,23+,28+;/m0./s1. The summed E-state index contributed by atoms with van der Waals surface area (Å²) in [5.74, 6) is 3.29. The summed E-state index contributed by atoms with van der Waals surface area (Å²) in [6, 6.07) is 9.24. The van der Waals surface area contributed by atoms with E-state index >= 15 is 0 Å². The number of hydrogen-bond acceptors (Lipinski definition) is 7. The third-order valence-electron chi connectivity index (χ3n) is 8.09. The molecule has 9 heteroatoms. The maximum absolute atomic E-state index is 9.00. The molecule has 2 aromatic carbocycles. The van der Waals surface area contributed by atoms with Crippen LogP contribution in [-0.4, -0.2) is 79.8 Å². The van der Waals surface area contributed by atoms with Gasteiger partial charge in [-0.15, -0.1) is 0 Å². The summed E-state index contributed by atoms with van der Waals surface area (Å²) in [7, 11) is 6.92. The minimum atomic E-state index is -0.833. The van der Waals surface area contributed by atoms with E-state index in [4.69, 9.17) is 28.8 Å². The van der Waals surface area contributed by atoms with Crippen molar-refractivity contribution >= 4 is 21.7 Å². The van der Waals surface area contributed by atoms with Crippen LogP contribution in [0.5, 0.6) is 23.0 Å². The van der Waals surface area contributed by atoms with E-state index in [2.05, 4.69) is 41.4 Å². The molecule has 0 amide bonds. The fourth-order valence-electron chi connectivity index (χ4n) is 6.14. The molecule has 0 aliphatic carbocycles. The summed E-state index contributed by atoms with van der Waals surface area (Å²) in [6.07, 6.45) is 4.56. The zero-order chi connectivity index (χ0) is 28.1. The van der Waals surface area contributed by atoms with Gasteiger partial charge in [0, 0.05) is 6.92 Å². The van der Waals surface area contributed by atoms with Crippen LogP contribution >= 0.6 is 0 Å². The van der Waals surface area contributed by atoms with Gasteiger partial charge < -0.3 is 5.11 Å². The number of ether oxygens (including phenoxy) is 4. The van der Waals surface area contributed by atoms with Gasteiger partial charge in [0.2, 0.25) is 0 Å². The van der Waals surface area contributed by atoms with Gasteiger partial charge in [-0.25, -0.2) is 0 Å². The van der Waals surface area contributed by atoms with E-state index in [1.807, 2.05) is 0 Å². The number of carboxylic acid groups (broad SMARTS) is 1. The zero-order valence-electron chi connectivity index (χ0n) is 24.0. The molecule has 0 unspecified atom stereocenters. The molecule has 3 heterocycles. The first-order valence-corrected chi connectivity index (χ1v) is 15.9. The van der Waals surface area contributed by atoms with Gasteiger partial charge in [0.15, 0.2) is 0 Å². The van der Waals surface area contributed by atoms with Crippen molar-refractivity contribution in [3.05, 3.63) is 46.5 Å². The first-order valence-electron chi connectivity index (χ1n) is 13.7. The molecule has 1 fully saturated rings. The van der Waals surface area contributed by atoms with E-state index < -0.39 is 5.97 Å². The Labute approximate surface area is 239 Å². The fraction of sp³-hybridized carbons (Fsp3) is 0.567. The Bertz CT molecular complexity index is 1150. The molecule has 3 aliphatic rings. The van der Waals surface area contributed by atoms with Crippen LogP contribution in [0.3, 0.4) is 0 Å². The van der Waals surface area contributed by atoms with Crippen molar-refractivity contribution in [1.29, 1.82) is 0 Å². The molecule has 0 bridgehead atoms. The van der Waals surface area contributed by atoms with E-state index in [0.717, 1.165) is 66.5 Å². The quantitative estimate of drug-likeness (QED) is 0.450. The summed E-state index contributed by atoms with van der Waals surface area (Å²) < 4.78 is 23.3. The first kappa shape index (κ1) is 29.6. The monoisotopic (exact) mass is 601 g/mol. The summed E-state index contributed by atoms with van der Waals surface area (Å²) >= 11 is 0.102. The Morgan fingerprint density at radius 1 is 0.949 bits per heavy atom. The van der Waals surface area contributed by atoms with Crippen LogP contribution in [0, 0.1) is 5.92 Å². The first-order chi connectivity index (χ1) is 18.8. The number of nitrogens with one attached hydrogen (secondary N) is 1. The van der Waals surface area contributed by atoms with Crippen LogP contribution in [0.2, 0.25) is 4.71 Å². The normalized spacial score (nSPS) is 24.4. The topological polar surface area (TPSA) is 89.5 Å². The molecule has 5 rings (SSSR count). The third-order valence-corrected chi connectivity index (χ3v) is 12.1. The molecule has 2 N–H and O–H groups in total. The molecule has 3 aliphatic heterocycles. The number of nitrogens with zero attached hydrogens (tertiary/aromatic N) is 1. The van der Waals surface area contributed by atoms with Crippen molar-refractivity contribution in [2.75, 3.05) is 48.1 Å². The summed E-state index contributed by atoms with van der Waals surface area (Å²) in [6.45, 7) is 6.82. The van der Waals surface area contributed by atoms with E-state index in [9.17, 15) is 0 Å². The van der Waals surface area contributed by atoms with Crippen molar-refractivity contribution < 1.29 is 28.8 Å². The van der Waals surface area contributed by atoms with Gasteiger partial charge in [-0.2, -0.15) is 0 Å². The Morgan fingerprint density at radius 2 is 1.49 bits per heavy atom. The van der Waals surface area contributed by atoms with Crippen molar-refractivity contribution in [1.82, 2.24) is 10.2 Å². The molecule has 0 spiro atoms. The number of rotatable bonds is 7. The van der Waals surface area contributed by atoms with Gasteiger partial charge in [0.1, 0.15) is 0 Å². The molecular formula is C30H42AsN2O6. The summed E-state index contributed by atoms with van der Waals surface area (Å²) in [5, 5.41) is 11.3. The second-order valence-electron chi connectivity index (χ2n) is 10.3. The number of fused-ring (bicyclic) bond motifs is 4. The van der Waals surface area contributed by atoms with E-state index in [1.165, 1.54) is 41.6 Å². The zero-order valence-corrected chi connectivity index (χ0v) is 25.8. The van der Waals surface area contributed by atoms with Gasteiger partial charge >= 0.3 is 217 Å². The Balaban J connectivity index is 0.000000826. The van der Waals surface area contributed by atoms with Gasteiger partial charge in [-0.05, 0) is 0 Å². The van der Waals surface area contributed by atoms with Gasteiger partial charge in [0.25, 0.3) is 5.97 Å². The maximum atomic E-state index is 9.00. The van der Waals surface area contributed by atoms with Crippen molar-refractivity contribution in [3.8, 4) is 23.0 Å². The van der Waals surface area contributed by atoms with Crippen LogP contribution in [0.25, 0.3) is 0 Å². The molecular weight excluding hydrogens is 559 g/mol. The molecule has 2 aromatic rings. The van der Waals surface area contributed by atoms with Crippen molar-refractivity contribution in [2.24, 2.45) is 5.92 Å². The summed E-state index contributed by atoms with van der Waals surface area (Å²) in [5.41, 5.74) is 5.69. The number of aliphatic carboxylic acids is 1. The molecule has 0 aromatic heterocycles. The second kappa shape index (κ2) is 13.3.